The fourth-order valence-corrected chi connectivity index (χ4v) is 4.42. The van der Waals surface area contributed by atoms with E-state index in [1.54, 1.807) is 0 Å². The van der Waals surface area contributed by atoms with Crippen molar-refractivity contribution in [2.75, 3.05) is 39.4 Å². The Kier molecular flexibility index (Phi) is 6.11. The highest BCUT2D eigenvalue weighted by atomic mass is 16.5. The normalized spacial score (nSPS) is 28.0. The van der Waals surface area contributed by atoms with E-state index in [4.69, 9.17) is 10.5 Å². The number of nitrogens with zero attached hydrogens (tertiary/aromatic N) is 2. The Morgan fingerprint density at radius 1 is 1.00 bits per heavy atom. The zero-order valence-corrected chi connectivity index (χ0v) is 14.6. The Bertz CT molecular complexity index is 445. The van der Waals surface area contributed by atoms with Crippen molar-refractivity contribution < 1.29 is 14.3 Å². The Labute approximate surface area is 144 Å². The van der Waals surface area contributed by atoms with Crippen molar-refractivity contribution in [3.05, 3.63) is 0 Å². The monoisotopic (exact) mass is 337 g/mol. The number of carbonyl (C=O) groups is 2. The quantitative estimate of drug-likeness (QED) is 0.830. The van der Waals surface area contributed by atoms with Crippen LogP contribution in [-0.4, -0.2) is 67.0 Å². The molecule has 6 nitrogen and oxygen atoms in total. The van der Waals surface area contributed by atoms with E-state index in [0.29, 0.717) is 38.0 Å². The number of amides is 2. The lowest BCUT2D eigenvalue weighted by Crippen LogP contribution is -2.44. The van der Waals surface area contributed by atoms with Crippen molar-refractivity contribution in [1.82, 2.24) is 9.80 Å². The molecule has 3 aliphatic rings. The van der Waals surface area contributed by atoms with Gasteiger partial charge < -0.3 is 15.4 Å². The molecule has 1 atom stereocenters. The van der Waals surface area contributed by atoms with E-state index in [2.05, 4.69) is 4.90 Å². The SMILES string of the molecule is NC(=O)C1CN(C(=O)CC2CCCC2)CCN(C2CCOCC2)C1. The summed E-state index contributed by atoms with van der Waals surface area (Å²) in [6.07, 6.45) is 7.49. The molecule has 0 aromatic carbocycles. The van der Waals surface area contributed by atoms with Gasteiger partial charge in [0.15, 0.2) is 0 Å². The van der Waals surface area contributed by atoms with Crippen molar-refractivity contribution in [3.8, 4) is 0 Å². The number of hydrogen-bond acceptors (Lipinski definition) is 4. The number of carbonyl (C=O) groups excluding carboxylic acids is 2. The van der Waals surface area contributed by atoms with Gasteiger partial charge in [-0.25, -0.2) is 0 Å². The molecular weight excluding hydrogens is 306 g/mol. The summed E-state index contributed by atoms with van der Waals surface area (Å²) in [5.74, 6) is 0.205. The van der Waals surface area contributed by atoms with Crippen LogP contribution in [0.25, 0.3) is 0 Å². The Balaban J connectivity index is 1.61. The summed E-state index contributed by atoms with van der Waals surface area (Å²) in [7, 11) is 0. The third kappa shape index (κ3) is 4.48. The van der Waals surface area contributed by atoms with Crippen LogP contribution in [0, 0.1) is 11.8 Å². The Hall–Kier alpha value is -1.14. The zero-order valence-electron chi connectivity index (χ0n) is 14.6. The average Bonchev–Trinajstić information content (AvgIpc) is 2.98. The van der Waals surface area contributed by atoms with Crippen molar-refractivity contribution in [2.45, 2.75) is 51.0 Å². The van der Waals surface area contributed by atoms with Gasteiger partial charge in [0.1, 0.15) is 0 Å². The minimum absolute atomic E-state index is 0.210. The fourth-order valence-electron chi connectivity index (χ4n) is 4.42. The molecule has 1 aliphatic carbocycles. The topological polar surface area (TPSA) is 75.9 Å². The maximum atomic E-state index is 12.7. The molecule has 2 N–H and O–H groups in total. The fraction of sp³-hybridized carbons (Fsp3) is 0.889. The van der Waals surface area contributed by atoms with E-state index in [0.717, 1.165) is 32.6 Å². The highest BCUT2D eigenvalue weighted by molar-refractivity contribution is 5.80. The third-order valence-corrected chi connectivity index (χ3v) is 5.95. The van der Waals surface area contributed by atoms with Crippen LogP contribution < -0.4 is 5.73 Å². The first-order chi connectivity index (χ1) is 11.6. The molecule has 1 saturated carbocycles. The third-order valence-electron chi connectivity index (χ3n) is 5.95. The van der Waals surface area contributed by atoms with Gasteiger partial charge in [-0.1, -0.05) is 12.8 Å². The molecule has 1 unspecified atom stereocenters. The van der Waals surface area contributed by atoms with Crippen LogP contribution in [0.2, 0.25) is 0 Å². The Morgan fingerprint density at radius 2 is 1.71 bits per heavy atom. The first-order valence-corrected chi connectivity index (χ1v) is 9.52. The van der Waals surface area contributed by atoms with Crippen LogP contribution in [0.4, 0.5) is 0 Å². The van der Waals surface area contributed by atoms with Crippen LogP contribution in [0.15, 0.2) is 0 Å². The van der Waals surface area contributed by atoms with E-state index in [9.17, 15) is 9.59 Å². The summed E-state index contributed by atoms with van der Waals surface area (Å²) in [6.45, 7) is 4.28. The van der Waals surface area contributed by atoms with Crippen LogP contribution in [0.5, 0.6) is 0 Å². The highest BCUT2D eigenvalue weighted by Crippen LogP contribution is 2.28. The smallest absolute Gasteiger partial charge is 0.223 e. The summed E-state index contributed by atoms with van der Waals surface area (Å²) < 4.78 is 5.45. The molecule has 0 aromatic heterocycles. The van der Waals surface area contributed by atoms with Gasteiger partial charge in [0.2, 0.25) is 11.8 Å². The second kappa shape index (κ2) is 8.30. The summed E-state index contributed by atoms with van der Waals surface area (Å²) in [5.41, 5.74) is 5.63. The van der Waals surface area contributed by atoms with Crippen LogP contribution in [-0.2, 0) is 14.3 Å². The van der Waals surface area contributed by atoms with Crippen molar-refractivity contribution in [3.63, 3.8) is 0 Å². The van der Waals surface area contributed by atoms with E-state index in [1.807, 2.05) is 4.90 Å². The van der Waals surface area contributed by atoms with Gasteiger partial charge in [-0.05, 0) is 31.6 Å². The molecule has 24 heavy (non-hydrogen) atoms. The number of nitrogens with two attached hydrogens (primary N) is 1. The van der Waals surface area contributed by atoms with Crippen LogP contribution in [0.3, 0.4) is 0 Å². The van der Waals surface area contributed by atoms with Crippen LogP contribution in [0.1, 0.15) is 44.9 Å². The van der Waals surface area contributed by atoms with Crippen molar-refractivity contribution in [2.24, 2.45) is 17.6 Å². The maximum Gasteiger partial charge on any atom is 0.223 e. The predicted octanol–water partition coefficient (Wildman–Crippen LogP) is 0.991. The van der Waals surface area contributed by atoms with E-state index in [1.165, 1.54) is 25.7 Å². The lowest BCUT2D eigenvalue weighted by atomic mass is 10.0. The molecule has 0 aromatic rings. The van der Waals surface area contributed by atoms with E-state index in [-0.39, 0.29) is 17.7 Å². The van der Waals surface area contributed by atoms with Gasteiger partial charge in [-0.15, -0.1) is 0 Å². The molecule has 136 valence electrons. The number of ether oxygens (including phenoxy) is 1. The largest absolute Gasteiger partial charge is 0.381 e. The number of hydrogen-bond donors (Lipinski definition) is 1. The molecule has 3 fully saturated rings. The minimum Gasteiger partial charge on any atom is -0.381 e. The molecule has 3 rings (SSSR count). The molecule has 2 heterocycles. The van der Waals surface area contributed by atoms with Crippen LogP contribution >= 0.6 is 0 Å². The van der Waals surface area contributed by atoms with Gasteiger partial charge in [0, 0.05) is 51.9 Å². The van der Waals surface area contributed by atoms with Gasteiger partial charge in [0.25, 0.3) is 0 Å². The molecular formula is C18H31N3O3. The molecule has 2 aliphatic heterocycles. The number of rotatable bonds is 4. The summed E-state index contributed by atoms with van der Waals surface area (Å²) in [5, 5.41) is 0. The van der Waals surface area contributed by atoms with E-state index >= 15 is 0 Å². The minimum atomic E-state index is -0.285. The second-order valence-electron chi connectivity index (χ2n) is 7.63. The first kappa shape index (κ1) is 17.7. The summed E-state index contributed by atoms with van der Waals surface area (Å²) in [6, 6.07) is 0.450. The molecule has 0 radical (unpaired) electrons. The Morgan fingerprint density at radius 3 is 2.38 bits per heavy atom. The lowest BCUT2D eigenvalue weighted by molar-refractivity contribution is -0.133. The van der Waals surface area contributed by atoms with Crippen molar-refractivity contribution in [1.29, 1.82) is 0 Å². The molecule has 2 saturated heterocycles. The molecule has 6 heteroatoms. The molecule has 0 spiro atoms. The van der Waals surface area contributed by atoms with Gasteiger partial charge in [-0.2, -0.15) is 0 Å². The zero-order chi connectivity index (χ0) is 16.9. The molecule has 0 bridgehead atoms. The predicted molar refractivity (Wildman–Crippen MR) is 91.3 cm³/mol. The first-order valence-electron chi connectivity index (χ1n) is 9.52. The highest BCUT2D eigenvalue weighted by Gasteiger charge is 2.33. The van der Waals surface area contributed by atoms with Gasteiger partial charge in [-0.3, -0.25) is 14.5 Å². The summed E-state index contributed by atoms with van der Waals surface area (Å²) in [4.78, 5) is 28.8. The average molecular weight is 337 g/mol. The maximum absolute atomic E-state index is 12.7. The molecule has 2 amide bonds. The standard InChI is InChI=1S/C18H31N3O3/c19-18(23)15-12-20(16-5-9-24-10-6-16)7-8-21(13-15)17(22)11-14-3-1-2-4-14/h14-16H,1-13H2,(H2,19,23). The van der Waals surface area contributed by atoms with Gasteiger partial charge >= 0.3 is 0 Å². The van der Waals surface area contributed by atoms with E-state index < -0.39 is 0 Å². The second-order valence-corrected chi connectivity index (χ2v) is 7.63. The lowest BCUT2D eigenvalue weighted by Gasteiger charge is -2.34. The number of primary amides is 1. The van der Waals surface area contributed by atoms with Crippen molar-refractivity contribution >= 4 is 11.8 Å². The van der Waals surface area contributed by atoms with Gasteiger partial charge in [0.05, 0.1) is 5.92 Å². The summed E-state index contributed by atoms with van der Waals surface area (Å²) >= 11 is 0.